The molecule has 2 aliphatic rings. The highest BCUT2D eigenvalue weighted by molar-refractivity contribution is 5.75. The van der Waals surface area contributed by atoms with Crippen molar-refractivity contribution in [3.8, 4) is 0 Å². The largest absolute Gasteiger partial charge is 0.396 e. The molecule has 1 aromatic rings. The lowest BCUT2D eigenvalue weighted by Crippen LogP contribution is -2.50. The van der Waals surface area contributed by atoms with Crippen molar-refractivity contribution in [2.75, 3.05) is 13.2 Å². The van der Waals surface area contributed by atoms with E-state index >= 15 is 0 Å². The van der Waals surface area contributed by atoms with Crippen LogP contribution in [0.3, 0.4) is 0 Å². The van der Waals surface area contributed by atoms with E-state index in [0.717, 1.165) is 56.2 Å². The minimum atomic E-state index is -0.249. The summed E-state index contributed by atoms with van der Waals surface area (Å²) in [6, 6.07) is 4.80. The fraction of sp³-hybridized carbons (Fsp3) is 0.611. The normalized spacial score (nSPS) is 24.2. The molecule has 1 aliphatic carbocycles. The number of fused-ring (bicyclic) bond motifs is 1. The van der Waals surface area contributed by atoms with Crippen molar-refractivity contribution in [3.63, 3.8) is 0 Å². The number of nitrogens with zero attached hydrogens (tertiary/aromatic N) is 1. The van der Waals surface area contributed by atoms with Crippen molar-refractivity contribution < 1.29 is 14.3 Å². The summed E-state index contributed by atoms with van der Waals surface area (Å²) in [5, 5.41) is 12.3. The van der Waals surface area contributed by atoms with Gasteiger partial charge in [0.2, 0.25) is 0 Å². The molecule has 0 spiro atoms. The maximum absolute atomic E-state index is 13.6. The van der Waals surface area contributed by atoms with Crippen molar-refractivity contribution in [3.05, 3.63) is 35.1 Å². The number of urea groups is 1. The van der Waals surface area contributed by atoms with Gasteiger partial charge in [0.05, 0.1) is 6.04 Å². The number of hydrogen-bond donors (Lipinski definition) is 2. The first-order valence-corrected chi connectivity index (χ1v) is 8.65. The predicted octanol–water partition coefficient (Wildman–Crippen LogP) is 3.15. The second-order valence-electron chi connectivity index (χ2n) is 6.59. The molecule has 1 heterocycles. The summed E-state index contributed by atoms with van der Waals surface area (Å²) in [7, 11) is 0. The molecule has 4 nitrogen and oxygen atoms in total. The predicted molar refractivity (Wildman–Crippen MR) is 86.7 cm³/mol. The smallest absolute Gasteiger partial charge is 0.318 e. The molecule has 1 fully saturated rings. The lowest BCUT2D eigenvalue weighted by atomic mass is 9.87. The Hall–Kier alpha value is -1.62. The van der Waals surface area contributed by atoms with Gasteiger partial charge in [-0.3, -0.25) is 0 Å². The number of halogens is 1. The Morgan fingerprint density at radius 2 is 2.17 bits per heavy atom. The minimum Gasteiger partial charge on any atom is -0.396 e. The van der Waals surface area contributed by atoms with Gasteiger partial charge in [-0.15, -0.1) is 0 Å². The second kappa shape index (κ2) is 7.30. The van der Waals surface area contributed by atoms with Crippen LogP contribution in [-0.2, 0) is 6.42 Å². The van der Waals surface area contributed by atoms with Gasteiger partial charge in [-0.1, -0.05) is 6.07 Å². The summed E-state index contributed by atoms with van der Waals surface area (Å²) in [5.74, 6) is -0.249. The van der Waals surface area contributed by atoms with Crippen LogP contribution in [0.15, 0.2) is 18.2 Å². The zero-order valence-electron chi connectivity index (χ0n) is 13.4. The molecule has 2 atom stereocenters. The molecule has 0 bridgehead atoms. The summed E-state index contributed by atoms with van der Waals surface area (Å²) in [6.45, 7) is 0.838. The zero-order chi connectivity index (χ0) is 16.2. The van der Waals surface area contributed by atoms with E-state index in [-0.39, 0.29) is 30.5 Å². The van der Waals surface area contributed by atoms with Crippen LogP contribution in [0.25, 0.3) is 0 Å². The maximum Gasteiger partial charge on any atom is 0.318 e. The quantitative estimate of drug-likeness (QED) is 0.899. The fourth-order valence-corrected chi connectivity index (χ4v) is 3.87. The molecular formula is C18H25FN2O2. The van der Waals surface area contributed by atoms with Crippen LogP contribution in [0.1, 0.15) is 55.7 Å². The number of carbonyl (C=O) groups excluding carboxylic acids is 1. The molecular weight excluding hydrogens is 295 g/mol. The van der Waals surface area contributed by atoms with Gasteiger partial charge in [-0.05, 0) is 68.2 Å². The third-order valence-electron chi connectivity index (χ3n) is 5.07. The Bertz CT molecular complexity index is 562. The van der Waals surface area contributed by atoms with Crippen molar-refractivity contribution in [1.82, 2.24) is 10.2 Å². The van der Waals surface area contributed by atoms with E-state index in [4.69, 9.17) is 0 Å². The highest BCUT2D eigenvalue weighted by atomic mass is 19.1. The maximum atomic E-state index is 13.6. The molecule has 2 unspecified atom stereocenters. The first kappa shape index (κ1) is 16.2. The summed E-state index contributed by atoms with van der Waals surface area (Å²) >= 11 is 0. The van der Waals surface area contributed by atoms with Crippen LogP contribution in [-0.4, -0.2) is 35.2 Å². The van der Waals surface area contributed by atoms with Crippen molar-refractivity contribution >= 4 is 6.03 Å². The van der Waals surface area contributed by atoms with Gasteiger partial charge in [0.25, 0.3) is 0 Å². The van der Waals surface area contributed by atoms with Gasteiger partial charge in [0.1, 0.15) is 5.82 Å². The number of aryl methyl sites for hydroxylation is 1. The van der Waals surface area contributed by atoms with Gasteiger partial charge in [0, 0.05) is 19.2 Å². The van der Waals surface area contributed by atoms with Crippen LogP contribution in [0.5, 0.6) is 0 Å². The molecule has 2 N–H and O–H groups in total. The molecule has 2 amide bonds. The highest BCUT2D eigenvalue weighted by Crippen LogP contribution is 2.31. The Balaban J connectivity index is 1.72. The number of rotatable bonds is 3. The SMILES string of the molecule is O=C(NC1CCCc2ccc(F)cc21)N1CCCCC1CCO. The third-order valence-corrected chi connectivity index (χ3v) is 5.07. The number of hydrogen-bond acceptors (Lipinski definition) is 2. The van der Waals surface area contributed by atoms with Crippen molar-refractivity contribution in [1.29, 1.82) is 0 Å². The van der Waals surface area contributed by atoms with E-state index in [1.54, 1.807) is 6.07 Å². The average Bonchev–Trinajstić information content (AvgIpc) is 2.56. The standard InChI is InChI=1S/C18H25FN2O2/c19-14-8-7-13-4-3-6-17(16(13)12-14)20-18(23)21-10-2-1-5-15(21)9-11-22/h7-8,12,15,17,22H,1-6,9-11H2,(H,20,23). The average molecular weight is 320 g/mol. The summed E-state index contributed by atoms with van der Waals surface area (Å²) in [4.78, 5) is 14.5. The lowest BCUT2D eigenvalue weighted by molar-refractivity contribution is 0.129. The van der Waals surface area contributed by atoms with Gasteiger partial charge in [-0.2, -0.15) is 0 Å². The van der Waals surface area contributed by atoms with Crippen LogP contribution in [0, 0.1) is 5.82 Å². The first-order valence-electron chi connectivity index (χ1n) is 8.65. The number of aliphatic hydroxyl groups excluding tert-OH is 1. The number of carbonyl (C=O) groups is 1. The Kier molecular flexibility index (Phi) is 5.16. The molecule has 126 valence electrons. The van der Waals surface area contributed by atoms with E-state index in [2.05, 4.69) is 5.32 Å². The lowest BCUT2D eigenvalue weighted by Gasteiger charge is -2.37. The first-order chi connectivity index (χ1) is 11.2. The van der Waals surface area contributed by atoms with Crippen molar-refractivity contribution in [2.45, 2.75) is 57.0 Å². The van der Waals surface area contributed by atoms with Crippen LogP contribution in [0.4, 0.5) is 9.18 Å². The molecule has 1 aromatic carbocycles. The Morgan fingerprint density at radius 3 is 3.00 bits per heavy atom. The Labute approximate surface area is 136 Å². The van der Waals surface area contributed by atoms with Crippen LogP contribution < -0.4 is 5.32 Å². The summed E-state index contributed by atoms with van der Waals surface area (Å²) < 4.78 is 13.6. The van der Waals surface area contributed by atoms with E-state index in [1.807, 2.05) is 11.0 Å². The molecule has 1 saturated heterocycles. The molecule has 1 aliphatic heterocycles. The second-order valence-corrected chi connectivity index (χ2v) is 6.59. The molecule has 23 heavy (non-hydrogen) atoms. The number of likely N-dealkylation sites (tertiary alicyclic amines) is 1. The number of benzene rings is 1. The van der Waals surface area contributed by atoms with Crippen LogP contribution in [0.2, 0.25) is 0 Å². The van der Waals surface area contributed by atoms with Gasteiger partial charge in [-0.25, -0.2) is 9.18 Å². The highest BCUT2D eigenvalue weighted by Gasteiger charge is 2.29. The minimum absolute atomic E-state index is 0.0785. The van der Waals surface area contributed by atoms with Gasteiger partial charge < -0.3 is 15.3 Å². The van der Waals surface area contributed by atoms with Crippen LogP contribution >= 0.6 is 0 Å². The summed E-state index contributed by atoms with van der Waals surface area (Å²) in [5.41, 5.74) is 2.05. The van der Waals surface area contributed by atoms with E-state index < -0.39 is 0 Å². The third kappa shape index (κ3) is 3.66. The molecule has 0 radical (unpaired) electrons. The summed E-state index contributed by atoms with van der Waals surface area (Å²) in [6.07, 6.45) is 6.48. The van der Waals surface area contributed by atoms with E-state index in [9.17, 15) is 14.3 Å². The topological polar surface area (TPSA) is 52.6 Å². The molecule has 0 aromatic heterocycles. The van der Waals surface area contributed by atoms with Crippen molar-refractivity contribution in [2.24, 2.45) is 0 Å². The van der Waals surface area contributed by atoms with E-state index in [1.165, 1.54) is 6.07 Å². The Morgan fingerprint density at radius 1 is 1.30 bits per heavy atom. The number of piperidine rings is 1. The molecule has 5 heteroatoms. The van der Waals surface area contributed by atoms with Gasteiger partial charge in [0.15, 0.2) is 0 Å². The van der Waals surface area contributed by atoms with Gasteiger partial charge >= 0.3 is 6.03 Å². The number of aliphatic hydroxyl groups is 1. The monoisotopic (exact) mass is 320 g/mol. The van der Waals surface area contributed by atoms with E-state index in [0.29, 0.717) is 6.42 Å². The fourth-order valence-electron chi connectivity index (χ4n) is 3.87. The number of amides is 2. The number of nitrogens with one attached hydrogen (secondary N) is 1. The zero-order valence-corrected chi connectivity index (χ0v) is 13.4. The molecule has 0 saturated carbocycles. The molecule has 3 rings (SSSR count).